The molecular formula is C16H17ClFN. The molecule has 0 bridgehead atoms. The summed E-state index contributed by atoms with van der Waals surface area (Å²) in [7, 11) is 0. The molecule has 0 heterocycles. The van der Waals surface area contributed by atoms with Crippen molar-refractivity contribution in [2.24, 2.45) is 0 Å². The molecule has 0 aliphatic rings. The van der Waals surface area contributed by atoms with Crippen LogP contribution in [-0.4, -0.2) is 6.54 Å². The summed E-state index contributed by atoms with van der Waals surface area (Å²) in [6, 6.07) is 15.2. The highest BCUT2D eigenvalue weighted by Crippen LogP contribution is 2.25. The predicted octanol–water partition coefficient (Wildman–Crippen LogP) is 4.37. The monoisotopic (exact) mass is 277 g/mol. The fourth-order valence-corrected chi connectivity index (χ4v) is 2.37. The van der Waals surface area contributed by atoms with Crippen LogP contribution in [0.4, 0.5) is 4.39 Å². The Morgan fingerprint density at radius 1 is 1.11 bits per heavy atom. The van der Waals surface area contributed by atoms with E-state index >= 15 is 0 Å². The van der Waals surface area contributed by atoms with Crippen molar-refractivity contribution in [1.29, 1.82) is 0 Å². The maximum atomic E-state index is 13.5. The summed E-state index contributed by atoms with van der Waals surface area (Å²) in [6.07, 6.45) is 0.675. The minimum Gasteiger partial charge on any atom is -0.310 e. The van der Waals surface area contributed by atoms with Crippen molar-refractivity contribution in [1.82, 2.24) is 5.32 Å². The zero-order valence-corrected chi connectivity index (χ0v) is 11.6. The Balaban J connectivity index is 2.24. The Hall–Kier alpha value is -1.38. The molecule has 19 heavy (non-hydrogen) atoms. The van der Waals surface area contributed by atoms with E-state index in [-0.39, 0.29) is 16.9 Å². The van der Waals surface area contributed by atoms with Crippen LogP contribution in [0.1, 0.15) is 24.1 Å². The summed E-state index contributed by atoms with van der Waals surface area (Å²) in [5, 5.41) is 3.64. The molecular weight excluding hydrogens is 261 g/mol. The highest BCUT2D eigenvalue weighted by atomic mass is 35.5. The summed E-state index contributed by atoms with van der Waals surface area (Å²) < 4.78 is 13.5. The third-order valence-corrected chi connectivity index (χ3v) is 3.53. The molecule has 2 aromatic rings. The van der Waals surface area contributed by atoms with Gasteiger partial charge in [-0.05, 0) is 30.2 Å². The van der Waals surface area contributed by atoms with E-state index < -0.39 is 0 Å². The Labute approximate surface area is 118 Å². The predicted molar refractivity (Wildman–Crippen MR) is 78.0 cm³/mol. The Bertz CT molecular complexity index is 528. The summed E-state index contributed by atoms with van der Waals surface area (Å²) in [4.78, 5) is 0. The van der Waals surface area contributed by atoms with E-state index in [9.17, 15) is 4.39 Å². The summed E-state index contributed by atoms with van der Waals surface area (Å²) >= 11 is 6.02. The Kier molecular flexibility index (Phi) is 4.94. The molecule has 2 aromatic carbocycles. The van der Waals surface area contributed by atoms with Gasteiger partial charge in [0.15, 0.2) is 0 Å². The number of hydrogen-bond donors (Lipinski definition) is 1. The van der Waals surface area contributed by atoms with Gasteiger partial charge in [-0.2, -0.15) is 0 Å². The molecule has 1 N–H and O–H groups in total. The highest BCUT2D eigenvalue weighted by Gasteiger charge is 2.14. The maximum absolute atomic E-state index is 13.5. The molecule has 3 heteroatoms. The second kappa shape index (κ2) is 6.69. The SMILES string of the molecule is CCNC(Cc1cccc(F)c1Cl)c1ccccc1. The fraction of sp³-hybridized carbons (Fsp3) is 0.250. The van der Waals surface area contributed by atoms with Crippen LogP contribution < -0.4 is 5.32 Å². The van der Waals surface area contributed by atoms with Gasteiger partial charge in [0.25, 0.3) is 0 Å². The van der Waals surface area contributed by atoms with Gasteiger partial charge in [-0.15, -0.1) is 0 Å². The van der Waals surface area contributed by atoms with Crippen molar-refractivity contribution < 1.29 is 4.39 Å². The van der Waals surface area contributed by atoms with Gasteiger partial charge in [0.05, 0.1) is 5.02 Å². The van der Waals surface area contributed by atoms with E-state index in [1.807, 2.05) is 24.3 Å². The first-order valence-corrected chi connectivity index (χ1v) is 6.81. The zero-order chi connectivity index (χ0) is 13.7. The van der Waals surface area contributed by atoms with Crippen molar-refractivity contribution in [3.05, 3.63) is 70.5 Å². The molecule has 0 aromatic heterocycles. The van der Waals surface area contributed by atoms with E-state index in [1.165, 1.54) is 11.6 Å². The quantitative estimate of drug-likeness (QED) is 0.856. The molecule has 0 saturated heterocycles. The molecule has 1 nitrogen and oxygen atoms in total. The van der Waals surface area contributed by atoms with Crippen LogP contribution in [0.5, 0.6) is 0 Å². The molecule has 0 spiro atoms. The molecule has 0 amide bonds. The van der Waals surface area contributed by atoms with Crippen LogP contribution in [0, 0.1) is 5.82 Å². The molecule has 0 radical (unpaired) electrons. The first-order chi connectivity index (χ1) is 9.22. The largest absolute Gasteiger partial charge is 0.310 e. The van der Waals surface area contributed by atoms with Crippen molar-refractivity contribution >= 4 is 11.6 Å². The standard InChI is InChI=1S/C16H17ClFN/c1-2-19-15(12-7-4-3-5-8-12)11-13-9-6-10-14(18)16(13)17/h3-10,15,19H,2,11H2,1H3. The first kappa shape index (κ1) is 14.0. The lowest BCUT2D eigenvalue weighted by Crippen LogP contribution is -2.23. The molecule has 0 aliphatic carbocycles. The van der Waals surface area contributed by atoms with Crippen LogP contribution >= 0.6 is 11.6 Å². The van der Waals surface area contributed by atoms with E-state index in [0.29, 0.717) is 6.42 Å². The second-order valence-corrected chi connectivity index (χ2v) is 4.82. The van der Waals surface area contributed by atoms with Gasteiger partial charge in [0.1, 0.15) is 5.82 Å². The summed E-state index contributed by atoms with van der Waals surface area (Å²) in [5.74, 6) is -0.359. The van der Waals surface area contributed by atoms with Gasteiger partial charge < -0.3 is 5.32 Å². The van der Waals surface area contributed by atoms with E-state index in [1.54, 1.807) is 6.07 Å². The first-order valence-electron chi connectivity index (χ1n) is 6.43. The van der Waals surface area contributed by atoms with Gasteiger partial charge in [-0.25, -0.2) is 4.39 Å². The van der Waals surface area contributed by atoms with Crippen LogP contribution in [0.3, 0.4) is 0 Å². The van der Waals surface area contributed by atoms with Crippen LogP contribution in [0.2, 0.25) is 5.02 Å². The molecule has 0 aliphatic heterocycles. The van der Waals surface area contributed by atoms with Crippen LogP contribution in [0.15, 0.2) is 48.5 Å². The van der Waals surface area contributed by atoms with Gasteiger partial charge >= 0.3 is 0 Å². The maximum Gasteiger partial charge on any atom is 0.142 e. The van der Waals surface area contributed by atoms with Crippen LogP contribution in [0.25, 0.3) is 0 Å². The number of rotatable bonds is 5. The molecule has 1 atom stereocenters. The lowest BCUT2D eigenvalue weighted by molar-refractivity contribution is 0.547. The Morgan fingerprint density at radius 2 is 1.84 bits per heavy atom. The van der Waals surface area contributed by atoms with Crippen molar-refractivity contribution in [2.45, 2.75) is 19.4 Å². The fourth-order valence-electron chi connectivity index (χ4n) is 2.17. The second-order valence-electron chi connectivity index (χ2n) is 4.44. The topological polar surface area (TPSA) is 12.0 Å². The average Bonchev–Trinajstić information content (AvgIpc) is 2.44. The van der Waals surface area contributed by atoms with Crippen molar-refractivity contribution in [2.75, 3.05) is 6.54 Å². The summed E-state index contributed by atoms with van der Waals surface area (Å²) in [5.41, 5.74) is 2.01. The van der Waals surface area contributed by atoms with E-state index in [0.717, 1.165) is 12.1 Å². The smallest absolute Gasteiger partial charge is 0.142 e. The van der Waals surface area contributed by atoms with Gasteiger partial charge in [0, 0.05) is 6.04 Å². The van der Waals surface area contributed by atoms with Gasteiger partial charge in [-0.1, -0.05) is 61.0 Å². The van der Waals surface area contributed by atoms with Crippen LogP contribution in [-0.2, 0) is 6.42 Å². The number of nitrogens with one attached hydrogen (secondary N) is 1. The third kappa shape index (κ3) is 3.55. The number of benzene rings is 2. The molecule has 0 saturated carbocycles. The van der Waals surface area contributed by atoms with Gasteiger partial charge in [0.2, 0.25) is 0 Å². The lowest BCUT2D eigenvalue weighted by Gasteiger charge is -2.19. The zero-order valence-electron chi connectivity index (χ0n) is 10.9. The molecule has 0 fully saturated rings. The average molecular weight is 278 g/mol. The number of halogens is 2. The van der Waals surface area contributed by atoms with Crippen molar-refractivity contribution in [3.63, 3.8) is 0 Å². The van der Waals surface area contributed by atoms with E-state index in [2.05, 4.69) is 24.4 Å². The number of hydrogen-bond acceptors (Lipinski definition) is 1. The molecule has 1 unspecified atom stereocenters. The molecule has 100 valence electrons. The van der Waals surface area contributed by atoms with E-state index in [4.69, 9.17) is 11.6 Å². The van der Waals surface area contributed by atoms with Crippen molar-refractivity contribution in [3.8, 4) is 0 Å². The minimum absolute atomic E-state index is 0.144. The normalized spacial score (nSPS) is 12.4. The highest BCUT2D eigenvalue weighted by molar-refractivity contribution is 6.31. The lowest BCUT2D eigenvalue weighted by atomic mass is 9.98. The molecule has 2 rings (SSSR count). The Morgan fingerprint density at radius 3 is 2.53 bits per heavy atom. The minimum atomic E-state index is -0.359. The third-order valence-electron chi connectivity index (χ3n) is 3.11. The summed E-state index contributed by atoms with van der Waals surface area (Å²) in [6.45, 7) is 2.91. The van der Waals surface area contributed by atoms with Gasteiger partial charge in [-0.3, -0.25) is 0 Å². The number of likely N-dealkylation sites (N-methyl/N-ethyl adjacent to an activating group) is 1.